The quantitative estimate of drug-likeness (QED) is 0.282. The number of ether oxygens (including phenoxy) is 1. The number of hydrogen-bond donors (Lipinski definition) is 2. The lowest BCUT2D eigenvalue weighted by atomic mass is 9.97. The van der Waals surface area contributed by atoms with E-state index in [0.717, 1.165) is 19.3 Å². The Morgan fingerprint density at radius 2 is 1.90 bits per heavy atom. The van der Waals surface area contributed by atoms with Crippen molar-refractivity contribution in [1.82, 2.24) is 10.3 Å². The fourth-order valence-electron chi connectivity index (χ4n) is 3.82. The molecule has 0 saturated heterocycles. The number of H-pyrrole nitrogens is 1. The Morgan fingerprint density at radius 1 is 1.16 bits per heavy atom. The van der Waals surface area contributed by atoms with Gasteiger partial charge in [-0.3, -0.25) is 9.59 Å². The molecule has 1 amide bonds. The summed E-state index contributed by atoms with van der Waals surface area (Å²) in [4.78, 5) is 40.9. The van der Waals surface area contributed by atoms with Gasteiger partial charge in [0.25, 0.3) is 11.7 Å². The van der Waals surface area contributed by atoms with E-state index < -0.39 is 23.5 Å². The highest BCUT2D eigenvalue weighted by Gasteiger charge is 2.29. The number of rotatable bonds is 8. The van der Waals surface area contributed by atoms with E-state index in [-0.39, 0.29) is 23.4 Å². The standard InChI is InChI=1S/C24H27FN2O4/c1-3-31-24(30)19-15(2)27-21(20(19)17-9-11-18(25)12-10-17)22(28)23(29)26-14-13-16-7-5-4-6-8-16/h7,9-12,27H,3-6,8,13-14H2,1-2H3,(H,26,29). The van der Waals surface area contributed by atoms with Crippen molar-refractivity contribution in [1.29, 1.82) is 0 Å². The molecule has 0 radical (unpaired) electrons. The van der Waals surface area contributed by atoms with Gasteiger partial charge in [-0.05, 0) is 63.6 Å². The van der Waals surface area contributed by atoms with Crippen LogP contribution >= 0.6 is 0 Å². The third-order valence-electron chi connectivity index (χ3n) is 5.35. The summed E-state index contributed by atoms with van der Waals surface area (Å²) >= 11 is 0. The van der Waals surface area contributed by atoms with E-state index in [1.807, 2.05) is 0 Å². The maximum absolute atomic E-state index is 13.4. The van der Waals surface area contributed by atoms with Crippen LogP contribution in [-0.4, -0.2) is 35.8 Å². The Kier molecular flexibility index (Phi) is 7.39. The number of hydrogen-bond acceptors (Lipinski definition) is 4. The summed E-state index contributed by atoms with van der Waals surface area (Å²) in [6, 6.07) is 5.40. The van der Waals surface area contributed by atoms with Gasteiger partial charge >= 0.3 is 5.97 Å². The Balaban J connectivity index is 1.86. The third kappa shape index (κ3) is 5.29. The lowest BCUT2D eigenvalue weighted by Crippen LogP contribution is -2.32. The maximum atomic E-state index is 13.4. The minimum Gasteiger partial charge on any atom is -0.462 e. The zero-order chi connectivity index (χ0) is 22.4. The van der Waals surface area contributed by atoms with Crippen molar-refractivity contribution in [3.63, 3.8) is 0 Å². The predicted octanol–water partition coefficient (Wildman–Crippen LogP) is 4.50. The molecular weight excluding hydrogens is 399 g/mol. The van der Waals surface area contributed by atoms with Gasteiger partial charge in [-0.15, -0.1) is 0 Å². The largest absolute Gasteiger partial charge is 0.462 e. The first-order chi connectivity index (χ1) is 14.9. The molecule has 0 spiro atoms. The molecule has 1 aromatic heterocycles. The molecule has 31 heavy (non-hydrogen) atoms. The second-order valence-electron chi connectivity index (χ2n) is 7.55. The van der Waals surface area contributed by atoms with Crippen molar-refractivity contribution in [3.05, 3.63) is 58.7 Å². The summed E-state index contributed by atoms with van der Waals surface area (Å²) in [5.74, 6) is -2.59. The Labute approximate surface area is 180 Å². The number of Topliss-reactive ketones (excluding diaryl/α,β-unsaturated/α-hetero) is 1. The lowest BCUT2D eigenvalue weighted by Gasteiger charge is -2.13. The second kappa shape index (κ2) is 10.2. The van der Waals surface area contributed by atoms with Gasteiger partial charge < -0.3 is 15.0 Å². The van der Waals surface area contributed by atoms with Crippen LogP contribution in [-0.2, 0) is 9.53 Å². The number of aromatic nitrogens is 1. The summed E-state index contributed by atoms with van der Waals surface area (Å²) in [5, 5.41) is 2.67. The van der Waals surface area contributed by atoms with Crippen LogP contribution < -0.4 is 5.32 Å². The van der Waals surface area contributed by atoms with E-state index in [1.54, 1.807) is 13.8 Å². The molecule has 1 aliphatic rings. The average molecular weight is 426 g/mol. The number of halogens is 1. The van der Waals surface area contributed by atoms with Crippen LogP contribution in [0, 0.1) is 12.7 Å². The minimum absolute atomic E-state index is 0.0125. The van der Waals surface area contributed by atoms with Crippen molar-refractivity contribution in [3.8, 4) is 11.1 Å². The second-order valence-corrected chi connectivity index (χ2v) is 7.55. The summed E-state index contributed by atoms with van der Waals surface area (Å²) in [7, 11) is 0. The molecule has 2 aromatic rings. The van der Waals surface area contributed by atoms with Crippen LogP contribution in [0.3, 0.4) is 0 Å². The maximum Gasteiger partial charge on any atom is 0.340 e. The average Bonchev–Trinajstić information content (AvgIpc) is 3.11. The molecule has 164 valence electrons. The van der Waals surface area contributed by atoms with Crippen molar-refractivity contribution in [2.45, 2.75) is 46.0 Å². The lowest BCUT2D eigenvalue weighted by molar-refractivity contribution is -0.117. The van der Waals surface area contributed by atoms with Gasteiger partial charge in [-0.2, -0.15) is 0 Å². The van der Waals surface area contributed by atoms with Gasteiger partial charge in [-0.25, -0.2) is 9.18 Å². The highest BCUT2D eigenvalue weighted by atomic mass is 19.1. The van der Waals surface area contributed by atoms with Gasteiger partial charge in [0.15, 0.2) is 0 Å². The molecule has 0 atom stereocenters. The van der Waals surface area contributed by atoms with Crippen molar-refractivity contribution >= 4 is 17.7 Å². The molecule has 3 rings (SSSR count). The third-order valence-corrected chi connectivity index (χ3v) is 5.35. The molecular formula is C24H27FN2O4. The minimum atomic E-state index is -0.782. The molecule has 0 aliphatic heterocycles. The van der Waals surface area contributed by atoms with Crippen molar-refractivity contribution in [2.75, 3.05) is 13.2 Å². The first-order valence-electron chi connectivity index (χ1n) is 10.6. The van der Waals surface area contributed by atoms with Crippen LogP contribution in [0.15, 0.2) is 35.9 Å². The summed E-state index contributed by atoms with van der Waals surface area (Å²) in [6.45, 7) is 3.83. The number of esters is 1. The zero-order valence-corrected chi connectivity index (χ0v) is 17.8. The normalized spacial score (nSPS) is 13.5. The van der Waals surface area contributed by atoms with Crippen molar-refractivity contribution in [2.24, 2.45) is 0 Å². The first-order valence-corrected chi connectivity index (χ1v) is 10.6. The number of aryl methyl sites for hydroxylation is 1. The number of carbonyl (C=O) groups is 3. The van der Waals surface area contributed by atoms with Gasteiger partial charge in [0.2, 0.25) is 0 Å². The monoisotopic (exact) mass is 426 g/mol. The van der Waals surface area contributed by atoms with E-state index in [9.17, 15) is 18.8 Å². The van der Waals surface area contributed by atoms with Gasteiger partial charge in [0.05, 0.1) is 12.2 Å². The molecule has 2 N–H and O–H groups in total. The van der Waals surface area contributed by atoms with Crippen LogP contribution in [0.1, 0.15) is 65.6 Å². The Bertz CT molecular complexity index is 1010. The van der Waals surface area contributed by atoms with E-state index >= 15 is 0 Å². The molecule has 0 bridgehead atoms. The van der Waals surface area contributed by atoms with Gasteiger partial charge in [0.1, 0.15) is 11.5 Å². The summed E-state index contributed by atoms with van der Waals surface area (Å²) < 4.78 is 18.6. The molecule has 1 heterocycles. The highest BCUT2D eigenvalue weighted by molar-refractivity contribution is 6.43. The Morgan fingerprint density at radius 3 is 2.55 bits per heavy atom. The highest BCUT2D eigenvalue weighted by Crippen LogP contribution is 2.31. The van der Waals surface area contributed by atoms with E-state index in [1.165, 1.54) is 36.3 Å². The topological polar surface area (TPSA) is 88.3 Å². The van der Waals surface area contributed by atoms with E-state index in [2.05, 4.69) is 16.4 Å². The smallest absolute Gasteiger partial charge is 0.340 e. The zero-order valence-electron chi connectivity index (χ0n) is 17.8. The van der Waals surface area contributed by atoms with E-state index in [4.69, 9.17) is 4.74 Å². The number of ketones is 1. The number of amides is 1. The molecule has 0 saturated carbocycles. The fourth-order valence-corrected chi connectivity index (χ4v) is 3.82. The summed E-state index contributed by atoms with van der Waals surface area (Å²) in [6.07, 6.45) is 7.33. The van der Waals surface area contributed by atoms with Gasteiger partial charge in [0, 0.05) is 17.8 Å². The molecule has 6 nitrogen and oxygen atoms in total. The number of aromatic amines is 1. The first kappa shape index (κ1) is 22.5. The van der Waals surface area contributed by atoms with Crippen LogP contribution in [0.4, 0.5) is 4.39 Å². The molecule has 1 aliphatic carbocycles. The molecule has 1 aromatic carbocycles. The van der Waals surface area contributed by atoms with Crippen LogP contribution in [0.2, 0.25) is 0 Å². The number of allylic oxidation sites excluding steroid dienone is 1. The summed E-state index contributed by atoms with van der Waals surface area (Å²) in [5.41, 5.74) is 2.54. The van der Waals surface area contributed by atoms with E-state index in [0.29, 0.717) is 24.2 Å². The van der Waals surface area contributed by atoms with Crippen LogP contribution in [0.25, 0.3) is 11.1 Å². The number of benzene rings is 1. The van der Waals surface area contributed by atoms with Gasteiger partial charge in [-0.1, -0.05) is 23.8 Å². The predicted molar refractivity (Wildman–Crippen MR) is 115 cm³/mol. The van der Waals surface area contributed by atoms with Crippen LogP contribution in [0.5, 0.6) is 0 Å². The SMILES string of the molecule is CCOC(=O)c1c(C)[nH]c(C(=O)C(=O)NCCC2=CCCCC2)c1-c1ccc(F)cc1. The molecule has 7 heteroatoms. The molecule has 0 fully saturated rings. The Hall–Kier alpha value is -3.22. The number of nitrogens with one attached hydrogen (secondary N) is 2. The number of carbonyl (C=O) groups excluding carboxylic acids is 3. The fraction of sp³-hybridized carbons (Fsp3) is 0.375. The van der Waals surface area contributed by atoms with Crippen molar-refractivity contribution < 1.29 is 23.5 Å². The molecule has 0 unspecified atom stereocenters.